The standard InChI is InChI=1S/C17H18N4O3S2/c1-13-18-17(19-24-13)14-11-16(25-12-14)26(22,23)21-9-7-20(8-10-21)15-5-3-2-4-6-15/h2-6,11-12H,7-10H2,1H3. The molecule has 7 nitrogen and oxygen atoms in total. The number of para-hydroxylation sites is 1. The molecule has 0 unspecified atom stereocenters. The van der Waals surface area contributed by atoms with E-state index in [0.29, 0.717) is 47.7 Å². The van der Waals surface area contributed by atoms with Gasteiger partial charge >= 0.3 is 0 Å². The Morgan fingerprint density at radius 1 is 1.12 bits per heavy atom. The molecule has 26 heavy (non-hydrogen) atoms. The fourth-order valence-corrected chi connectivity index (χ4v) is 5.67. The number of piperazine rings is 1. The molecular weight excluding hydrogens is 372 g/mol. The highest BCUT2D eigenvalue weighted by atomic mass is 32.2. The van der Waals surface area contributed by atoms with Crippen molar-refractivity contribution in [3.8, 4) is 11.4 Å². The summed E-state index contributed by atoms with van der Waals surface area (Å²) in [5, 5.41) is 5.59. The third-order valence-corrected chi connectivity index (χ3v) is 7.63. The number of thiophene rings is 1. The number of anilines is 1. The van der Waals surface area contributed by atoms with Crippen LogP contribution in [0.4, 0.5) is 5.69 Å². The second-order valence-corrected chi connectivity index (χ2v) is 9.09. The monoisotopic (exact) mass is 390 g/mol. The van der Waals surface area contributed by atoms with Crippen LogP contribution >= 0.6 is 11.3 Å². The Morgan fingerprint density at radius 2 is 1.85 bits per heavy atom. The number of benzene rings is 1. The van der Waals surface area contributed by atoms with Crippen molar-refractivity contribution in [3.63, 3.8) is 0 Å². The van der Waals surface area contributed by atoms with Gasteiger partial charge in [0, 0.05) is 49.7 Å². The van der Waals surface area contributed by atoms with Crippen LogP contribution in [0, 0.1) is 6.92 Å². The minimum absolute atomic E-state index is 0.308. The first-order valence-corrected chi connectivity index (χ1v) is 10.6. The van der Waals surface area contributed by atoms with E-state index in [4.69, 9.17) is 4.52 Å². The van der Waals surface area contributed by atoms with Crippen molar-refractivity contribution in [1.29, 1.82) is 0 Å². The summed E-state index contributed by atoms with van der Waals surface area (Å²) >= 11 is 1.19. The number of rotatable bonds is 4. The molecule has 0 aliphatic carbocycles. The third-order valence-electron chi connectivity index (χ3n) is 4.32. The van der Waals surface area contributed by atoms with Crippen molar-refractivity contribution in [1.82, 2.24) is 14.4 Å². The van der Waals surface area contributed by atoms with Crippen LogP contribution < -0.4 is 4.90 Å². The van der Waals surface area contributed by atoms with Crippen molar-refractivity contribution in [3.05, 3.63) is 47.7 Å². The van der Waals surface area contributed by atoms with Gasteiger partial charge in [-0.05, 0) is 18.2 Å². The molecule has 1 aliphatic heterocycles. The number of hydrogen-bond donors (Lipinski definition) is 0. The van der Waals surface area contributed by atoms with Gasteiger partial charge in [0.2, 0.25) is 11.7 Å². The Bertz CT molecular complexity index is 990. The number of aromatic nitrogens is 2. The molecule has 3 heterocycles. The molecule has 9 heteroatoms. The average molecular weight is 390 g/mol. The zero-order valence-electron chi connectivity index (χ0n) is 14.2. The Hall–Kier alpha value is -2.23. The molecule has 0 N–H and O–H groups in total. The molecule has 0 amide bonds. The molecular formula is C17H18N4O3S2. The highest BCUT2D eigenvalue weighted by molar-refractivity contribution is 7.91. The smallest absolute Gasteiger partial charge is 0.252 e. The van der Waals surface area contributed by atoms with Gasteiger partial charge in [-0.3, -0.25) is 0 Å². The summed E-state index contributed by atoms with van der Waals surface area (Å²) in [6.45, 7) is 3.97. The van der Waals surface area contributed by atoms with Crippen molar-refractivity contribution < 1.29 is 12.9 Å². The number of nitrogens with zero attached hydrogens (tertiary/aromatic N) is 4. The summed E-state index contributed by atoms with van der Waals surface area (Å²) in [7, 11) is -3.51. The number of sulfonamides is 1. The molecule has 1 aromatic carbocycles. The van der Waals surface area contributed by atoms with Crippen molar-refractivity contribution in [2.24, 2.45) is 0 Å². The van der Waals surface area contributed by atoms with Crippen LogP contribution in [0.15, 0.2) is 50.5 Å². The first-order valence-electron chi connectivity index (χ1n) is 8.23. The fourth-order valence-electron chi connectivity index (χ4n) is 2.94. The maximum atomic E-state index is 12.9. The van der Waals surface area contributed by atoms with Gasteiger partial charge < -0.3 is 9.42 Å². The predicted octanol–water partition coefficient (Wildman–Crippen LogP) is 2.62. The minimum Gasteiger partial charge on any atom is -0.369 e. The average Bonchev–Trinajstić information content (AvgIpc) is 3.32. The lowest BCUT2D eigenvalue weighted by Gasteiger charge is -2.35. The molecule has 4 rings (SSSR count). The second-order valence-electron chi connectivity index (χ2n) is 6.02. The summed E-state index contributed by atoms with van der Waals surface area (Å²) < 4.78 is 32.7. The van der Waals surface area contributed by atoms with Gasteiger partial charge in [-0.1, -0.05) is 23.4 Å². The van der Waals surface area contributed by atoms with E-state index in [-0.39, 0.29) is 0 Å². The van der Waals surface area contributed by atoms with E-state index in [1.165, 1.54) is 11.3 Å². The van der Waals surface area contributed by atoms with Gasteiger partial charge in [0.15, 0.2) is 0 Å². The lowest BCUT2D eigenvalue weighted by atomic mass is 10.2. The molecule has 0 radical (unpaired) electrons. The molecule has 1 saturated heterocycles. The second kappa shape index (κ2) is 6.82. The van der Waals surface area contributed by atoms with Gasteiger partial charge in [0.1, 0.15) is 4.21 Å². The normalized spacial score (nSPS) is 16.1. The van der Waals surface area contributed by atoms with E-state index in [1.807, 2.05) is 30.3 Å². The molecule has 2 aromatic heterocycles. The molecule has 0 saturated carbocycles. The Balaban J connectivity index is 1.49. The Morgan fingerprint density at radius 3 is 2.50 bits per heavy atom. The van der Waals surface area contributed by atoms with Crippen LogP contribution in [-0.4, -0.2) is 49.0 Å². The lowest BCUT2D eigenvalue weighted by Crippen LogP contribution is -2.48. The molecule has 0 spiro atoms. The third kappa shape index (κ3) is 3.25. The van der Waals surface area contributed by atoms with E-state index in [2.05, 4.69) is 15.0 Å². The van der Waals surface area contributed by atoms with Gasteiger partial charge in [0.05, 0.1) is 0 Å². The van der Waals surface area contributed by atoms with Crippen LogP contribution in [0.25, 0.3) is 11.4 Å². The Labute approximate surface area is 155 Å². The number of aryl methyl sites for hydroxylation is 1. The van der Waals surface area contributed by atoms with Crippen LogP contribution in [-0.2, 0) is 10.0 Å². The van der Waals surface area contributed by atoms with E-state index in [0.717, 1.165) is 5.69 Å². The first kappa shape index (κ1) is 17.2. The Kier molecular flexibility index (Phi) is 4.51. The summed E-state index contributed by atoms with van der Waals surface area (Å²) in [6, 6.07) is 11.7. The topological polar surface area (TPSA) is 79.5 Å². The summed E-state index contributed by atoms with van der Waals surface area (Å²) in [6.07, 6.45) is 0. The van der Waals surface area contributed by atoms with Crippen LogP contribution in [0.5, 0.6) is 0 Å². The molecule has 0 bridgehead atoms. The molecule has 0 atom stereocenters. The van der Waals surface area contributed by atoms with E-state index < -0.39 is 10.0 Å². The van der Waals surface area contributed by atoms with Gasteiger partial charge in [-0.25, -0.2) is 8.42 Å². The number of hydrogen-bond acceptors (Lipinski definition) is 7. The van der Waals surface area contributed by atoms with Crippen molar-refractivity contribution >= 4 is 27.0 Å². The highest BCUT2D eigenvalue weighted by Gasteiger charge is 2.30. The van der Waals surface area contributed by atoms with Crippen LogP contribution in [0.1, 0.15) is 5.89 Å². The first-order chi connectivity index (χ1) is 12.5. The summed E-state index contributed by atoms with van der Waals surface area (Å²) in [4.78, 5) is 6.35. The summed E-state index contributed by atoms with van der Waals surface area (Å²) in [5.41, 5.74) is 1.78. The predicted molar refractivity (Wildman–Crippen MR) is 99.8 cm³/mol. The zero-order chi connectivity index (χ0) is 18.1. The van der Waals surface area contributed by atoms with Crippen molar-refractivity contribution in [2.75, 3.05) is 31.1 Å². The quantitative estimate of drug-likeness (QED) is 0.681. The van der Waals surface area contributed by atoms with Gasteiger partial charge in [-0.15, -0.1) is 11.3 Å². The zero-order valence-corrected chi connectivity index (χ0v) is 15.8. The molecule has 1 fully saturated rings. The van der Waals surface area contributed by atoms with E-state index in [9.17, 15) is 8.42 Å². The highest BCUT2D eigenvalue weighted by Crippen LogP contribution is 2.29. The SMILES string of the molecule is Cc1nc(-c2csc(S(=O)(=O)N3CCN(c4ccccc4)CC3)c2)no1. The molecule has 1 aliphatic rings. The summed E-state index contributed by atoms with van der Waals surface area (Å²) in [5.74, 6) is 0.863. The lowest BCUT2D eigenvalue weighted by molar-refractivity contribution is 0.386. The minimum atomic E-state index is -3.51. The largest absolute Gasteiger partial charge is 0.369 e. The van der Waals surface area contributed by atoms with Crippen molar-refractivity contribution in [2.45, 2.75) is 11.1 Å². The maximum absolute atomic E-state index is 12.9. The fraction of sp³-hybridized carbons (Fsp3) is 0.294. The van der Waals surface area contributed by atoms with Gasteiger partial charge in [0.25, 0.3) is 10.0 Å². The van der Waals surface area contributed by atoms with Gasteiger partial charge in [-0.2, -0.15) is 9.29 Å². The molecule has 136 valence electrons. The van der Waals surface area contributed by atoms with Crippen LogP contribution in [0.3, 0.4) is 0 Å². The maximum Gasteiger partial charge on any atom is 0.252 e. The molecule has 3 aromatic rings. The van der Waals surface area contributed by atoms with E-state index in [1.54, 1.807) is 22.7 Å². The van der Waals surface area contributed by atoms with Crippen LogP contribution in [0.2, 0.25) is 0 Å². The van der Waals surface area contributed by atoms with E-state index >= 15 is 0 Å².